The predicted octanol–water partition coefficient (Wildman–Crippen LogP) is -1.23. The van der Waals surface area contributed by atoms with Crippen LogP contribution in [0.5, 0.6) is 0 Å². The van der Waals surface area contributed by atoms with Crippen molar-refractivity contribution in [1.82, 2.24) is 9.97 Å². The zero-order valence-corrected chi connectivity index (χ0v) is 5.88. The fourth-order valence-electron chi connectivity index (χ4n) is 0.530. The number of carboxylic acid groups (broad SMARTS) is 1. The Morgan fingerprint density at radius 3 is 2.36 bits per heavy atom. The Balaban J connectivity index is 0. The molecule has 0 saturated carbocycles. The number of hydrogen-bond acceptors (Lipinski definition) is 2. The predicted molar refractivity (Wildman–Crippen MR) is 37.5 cm³/mol. The number of carboxylic acids is 1. The molecule has 0 bridgehead atoms. The second-order valence-corrected chi connectivity index (χ2v) is 1.69. The third-order valence-electron chi connectivity index (χ3n) is 0.933. The average molecular weight is 162 g/mol. The normalized spacial score (nSPS) is 7.73. The van der Waals surface area contributed by atoms with Crippen LogP contribution in [0.4, 0.5) is 0 Å². The summed E-state index contributed by atoms with van der Waals surface area (Å²) >= 11 is 0. The number of imidazole rings is 1. The van der Waals surface area contributed by atoms with E-state index in [4.69, 9.17) is 5.11 Å². The van der Waals surface area contributed by atoms with Crippen molar-refractivity contribution in [3.05, 3.63) is 17.7 Å². The molecule has 6 N–H and O–H groups in total. The van der Waals surface area contributed by atoms with Gasteiger partial charge in [-0.3, -0.25) is 0 Å². The first-order chi connectivity index (χ1) is 4.20. The topological polar surface area (TPSA) is 129 Å². The largest absolute Gasteiger partial charge is 0.477 e. The van der Waals surface area contributed by atoms with Crippen LogP contribution < -0.4 is 0 Å². The van der Waals surface area contributed by atoms with Crippen molar-refractivity contribution in [2.24, 2.45) is 0 Å². The summed E-state index contributed by atoms with van der Waals surface area (Å²) in [4.78, 5) is 16.4. The fraction of sp³-hybridized carbons (Fsp3) is 0.200. The summed E-state index contributed by atoms with van der Waals surface area (Å²) in [7, 11) is 0. The molecule has 1 aromatic heterocycles. The van der Waals surface area contributed by atoms with Gasteiger partial charge in [0, 0.05) is 0 Å². The van der Waals surface area contributed by atoms with Crippen molar-refractivity contribution in [3.63, 3.8) is 0 Å². The third kappa shape index (κ3) is 2.78. The van der Waals surface area contributed by atoms with Crippen molar-refractivity contribution in [2.75, 3.05) is 0 Å². The van der Waals surface area contributed by atoms with Crippen LogP contribution in [0.25, 0.3) is 0 Å². The lowest BCUT2D eigenvalue weighted by Gasteiger charge is -1.81. The smallest absolute Gasteiger partial charge is 0.353 e. The van der Waals surface area contributed by atoms with E-state index >= 15 is 0 Å². The summed E-state index contributed by atoms with van der Waals surface area (Å²) in [6, 6.07) is 0. The number of hydrogen-bond donors (Lipinski definition) is 2. The maximum atomic E-state index is 10.1. The Morgan fingerprint density at radius 1 is 1.64 bits per heavy atom. The molecule has 11 heavy (non-hydrogen) atoms. The lowest BCUT2D eigenvalue weighted by Crippen LogP contribution is -1.95. The first-order valence-corrected chi connectivity index (χ1v) is 2.45. The van der Waals surface area contributed by atoms with E-state index in [0.717, 1.165) is 0 Å². The fourth-order valence-corrected chi connectivity index (χ4v) is 0.530. The Kier molecular flexibility index (Phi) is 4.94. The molecule has 1 rings (SSSR count). The van der Waals surface area contributed by atoms with Crippen molar-refractivity contribution >= 4 is 5.97 Å². The summed E-state index contributed by atoms with van der Waals surface area (Å²) < 4.78 is 0. The van der Waals surface area contributed by atoms with Crippen molar-refractivity contribution in [3.8, 4) is 0 Å². The van der Waals surface area contributed by atoms with E-state index in [0.29, 0.717) is 5.82 Å². The summed E-state index contributed by atoms with van der Waals surface area (Å²) in [6.45, 7) is 1.70. The lowest BCUT2D eigenvalue weighted by atomic mass is 10.5. The van der Waals surface area contributed by atoms with Crippen LogP contribution in [0.15, 0.2) is 6.20 Å². The maximum absolute atomic E-state index is 10.1. The highest BCUT2D eigenvalue weighted by Gasteiger charge is 2.02. The van der Waals surface area contributed by atoms with Crippen LogP contribution >= 0.6 is 0 Å². The molecule has 6 heteroatoms. The number of rotatable bonds is 1. The van der Waals surface area contributed by atoms with E-state index in [2.05, 4.69) is 9.97 Å². The van der Waals surface area contributed by atoms with E-state index in [-0.39, 0.29) is 16.6 Å². The van der Waals surface area contributed by atoms with Gasteiger partial charge in [0.2, 0.25) is 0 Å². The quantitative estimate of drug-likeness (QED) is 0.535. The van der Waals surface area contributed by atoms with Gasteiger partial charge in [-0.2, -0.15) is 0 Å². The molecule has 0 spiro atoms. The zero-order chi connectivity index (χ0) is 6.85. The first-order valence-electron chi connectivity index (χ1n) is 2.45. The molecule has 0 aliphatic carbocycles. The molecule has 1 aromatic rings. The van der Waals surface area contributed by atoms with E-state index in [1.54, 1.807) is 6.92 Å². The van der Waals surface area contributed by atoms with Gasteiger partial charge < -0.3 is 21.0 Å². The molecule has 0 fully saturated rings. The number of aromatic carboxylic acids is 1. The molecule has 0 unspecified atom stereocenters. The SMILES string of the molecule is Cc1ncc(C(=O)O)[nH]1.O.O. The van der Waals surface area contributed by atoms with Crippen LogP contribution in [0.1, 0.15) is 16.3 Å². The Labute approximate surface area is 62.5 Å². The highest BCUT2D eigenvalue weighted by Crippen LogP contribution is 1.93. The molecule has 0 aliphatic heterocycles. The Bertz CT molecular complexity index is 232. The van der Waals surface area contributed by atoms with E-state index in [1.165, 1.54) is 6.20 Å². The van der Waals surface area contributed by atoms with E-state index in [9.17, 15) is 4.79 Å². The van der Waals surface area contributed by atoms with Gasteiger partial charge in [-0.1, -0.05) is 0 Å². The van der Waals surface area contributed by atoms with Gasteiger partial charge in [-0.25, -0.2) is 9.78 Å². The lowest BCUT2D eigenvalue weighted by molar-refractivity contribution is 0.0691. The van der Waals surface area contributed by atoms with Crippen LogP contribution in [0.2, 0.25) is 0 Å². The second-order valence-electron chi connectivity index (χ2n) is 1.69. The minimum absolute atomic E-state index is 0. The number of aryl methyl sites for hydroxylation is 1. The number of nitrogens with one attached hydrogen (secondary N) is 1. The van der Waals surface area contributed by atoms with Gasteiger partial charge in [0.05, 0.1) is 6.20 Å². The maximum Gasteiger partial charge on any atom is 0.353 e. The number of nitrogens with zero attached hydrogens (tertiary/aromatic N) is 1. The van der Waals surface area contributed by atoms with Gasteiger partial charge in [0.25, 0.3) is 0 Å². The molecule has 0 saturated heterocycles. The van der Waals surface area contributed by atoms with Crippen LogP contribution in [-0.4, -0.2) is 32.0 Å². The molecular formula is C5H10N2O4. The summed E-state index contributed by atoms with van der Waals surface area (Å²) in [5, 5.41) is 8.33. The molecule has 6 nitrogen and oxygen atoms in total. The molecular weight excluding hydrogens is 152 g/mol. The number of carbonyl (C=O) groups is 1. The highest BCUT2D eigenvalue weighted by atomic mass is 16.4. The highest BCUT2D eigenvalue weighted by molar-refractivity contribution is 5.84. The molecule has 1 heterocycles. The summed E-state index contributed by atoms with van der Waals surface area (Å²) in [6.07, 6.45) is 1.29. The summed E-state index contributed by atoms with van der Waals surface area (Å²) in [5.41, 5.74) is 0.132. The number of H-pyrrole nitrogens is 1. The van der Waals surface area contributed by atoms with Crippen molar-refractivity contribution < 1.29 is 20.9 Å². The van der Waals surface area contributed by atoms with Gasteiger partial charge in [0.1, 0.15) is 11.5 Å². The zero-order valence-electron chi connectivity index (χ0n) is 5.88. The van der Waals surface area contributed by atoms with Crippen LogP contribution in [-0.2, 0) is 0 Å². The summed E-state index contributed by atoms with van der Waals surface area (Å²) in [5.74, 6) is -0.358. The molecule has 0 aliphatic rings. The second kappa shape index (κ2) is 4.42. The monoisotopic (exact) mass is 162 g/mol. The first kappa shape index (κ1) is 12.3. The van der Waals surface area contributed by atoms with Gasteiger partial charge in [-0.05, 0) is 6.92 Å². The van der Waals surface area contributed by atoms with E-state index < -0.39 is 5.97 Å². The van der Waals surface area contributed by atoms with Crippen molar-refractivity contribution in [2.45, 2.75) is 6.92 Å². The Morgan fingerprint density at radius 2 is 2.18 bits per heavy atom. The molecule has 0 amide bonds. The minimum atomic E-state index is -0.976. The van der Waals surface area contributed by atoms with Gasteiger partial charge in [0.15, 0.2) is 0 Å². The minimum Gasteiger partial charge on any atom is -0.477 e. The molecule has 0 aromatic carbocycles. The van der Waals surface area contributed by atoms with E-state index in [1.807, 2.05) is 0 Å². The molecule has 64 valence electrons. The van der Waals surface area contributed by atoms with Crippen LogP contribution in [0, 0.1) is 6.92 Å². The number of aromatic nitrogens is 2. The van der Waals surface area contributed by atoms with Crippen molar-refractivity contribution in [1.29, 1.82) is 0 Å². The average Bonchev–Trinajstić information content (AvgIpc) is 2.14. The van der Waals surface area contributed by atoms with Crippen LogP contribution in [0.3, 0.4) is 0 Å². The standard InChI is InChI=1S/C5H6N2O2.2H2O/c1-3-6-2-4(7-3)5(8)9;;/h2H,1H3,(H,6,7)(H,8,9);2*1H2. The van der Waals surface area contributed by atoms with Gasteiger partial charge >= 0.3 is 5.97 Å². The third-order valence-corrected chi connectivity index (χ3v) is 0.933. The van der Waals surface area contributed by atoms with Gasteiger partial charge in [-0.15, -0.1) is 0 Å². The Hall–Kier alpha value is -1.40. The molecule has 0 atom stereocenters. The molecule has 0 radical (unpaired) electrons. The number of aromatic amines is 1.